The van der Waals surface area contributed by atoms with Crippen molar-refractivity contribution < 1.29 is 22.7 Å². The van der Waals surface area contributed by atoms with Gasteiger partial charge in [0.05, 0.1) is 5.69 Å². The molecule has 0 aliphatic carbocycles. The zero-order chi connectivity index (χ0) is 21.0. The van der Waals surface area contributed by atoms with Crippen LogP contribution >= 0.6 is 0 Å². The number of rotatable bonds is 4. The van der Waals surface area contributed by atoms with Gasteiger partial charge in [0.25, 0.3) is 0 Å². The van der Waals surface area contributed by atoms with Crippen LogP contribution in [-0.2, 0) is 0 Å². The average molecular weight is 410 g/mol. The third-order valence-corrected chi connectivity index (χ3v) is 4.34. The van der Waals surface area contributed by atoms with Crippen LogP contribution in [0.25, 0.3) is 0 Å². The number of benzene rings is 1. The monoisotopic (exact) mass is 410 g/mol. The number of hydrogen-bond donors (Lipinski definition) is 1. The minimum Gasteiger partial charge on any atom is -0.404 e. The molecular formula is C18H21F3N6O2. The Labute approximate surface area is 165 Å². The summed E-state index contributed by atoms with van der Waals surface area (Å²) in [6.45, 7) is 1.85. The predicted octanol–water partition coefficient (Wildman–Crippen LogP) is 2.80. The molecule has 0 unspecified atom stereocenters. The van der Waals surface area contributed by atoms with Gasteiger partial charge in [0.15, 0.2) is 17.4 Å². The lowest BCUT2D eigenvalue weighted by molar-refractivity contribution is -0.274. The Kier molecular flexibility index (Phi) is 5.95. The highest BCUT2D eigenvalue weighted by molar-refractivity contribution is 5.91. The number of alkyl halides is 3. The molecule has 1 N–H and O–H groups in total. The smallest absolute Gasteiger partial charge is 0.404 e. The van der Waals surface area contributed by atoms with E-state index in [1.165, 1.54) is 23.1 Å². The van der Waals surface area contributed by atoms with Crippen LogP contribution in [0, 0.1) is 0 Å². The molecule has 2 amide bonds. The van der Waals surface area contributed by atoms with Crippen LogP contribution < -0.4 is 19.9 Å². The molecule has 29 heavy (non-hydrogen) atoms. The number of ether oxygens (including phenoxy) is 1. The van der Waals surface area contributed by atoms with Gasteiger partial charge >= 0.3 is 12.4 Å². The molecule has 11 heteroatoms. The van der Waals surface area contributed by atoms with Gasteiger partial charge < -0.3 is 24.8 Å². The zero-order valence-corrected chi connectivity index (χ0v) is 16.0. The molecule has 156 valence electrons. The molecule has 1 fully saturated rings. The topological polar surface area (TPSA) is 73.8 Å². The fourth-order valence-corrected chi connectivity index (χ4v) is 2.84. The van der Waals surface area contributed by atoms with Gasteiger partial charge in [-0.3, -0.25) is 0 Å². The second kappa shape index (κ2) is 8.41. The van der Waals surface area contributed by atoms with E-state index in [0.29, 0.717) is 32.0 Å². The minimum atomic E-state index is -4.84. The van der Waals surface area contributed by atoms with Crippen LogP contribution in [0.3, 0.4) is 0 Å². The van der Waals surface area contributed by atoms with Gasteiger partial charge in [-0.25, -0.2) is 4.79 Å². The quantitative estimate of drug-likeness (QED) is 0.836. The Hall–Kier alpha value is -3.24. The summed E-state index contributed by atoms with van der Waals surface area (Å²) in [6.07, 6.45) is -4.84. The maximum Gasteiger partial charge on any atom is 0.573 e. The highest BCUT2D eigenvalue weighted by atomic mass is 19.4. The lowest BCUT2D eigenvalue weighted by Gasteiger charge is -2.35. The van der Waals surface area contributed by atoms with Gasteiger partial charge in [-0.15, -0.1) is 23.4 Å². The largest absolute Gasteiger partial charge is 0.573 e. The second-order valence-electron chi connectivity index (χ2n) is 6.59. The van der Waals surface area contributed by atoms with Crippen molar-refractivity contribution in [3.63, 3.8) is 0 Å². The first-order valence-corrected chi connectivity index (χ1v) is 8.89. The first-order valence-electron chi connectivity index (χ1n) is 8.89. The van der Waals surface area contributed by atoms with E-state index in [0.717, 1.165) is 11.9 Å². The molecule has 0 saturated carbocycles. The lowest BCUT2D eigenvalue weighted by Crippen LogP contribution is -2.50. The molecule has 0 radical (unpaired) electrons. The summed E-state index contributed by atoms with van der Waals surface area (Å²) in [4.78, 5) is 17.8. The first-order chi connectivity index (χ1) is 13.7. The van der Waals surface area contributed by atoms with Crippen molar-refractivity contribution in [2.24, 2.45) is 0 Å². The van der Waals surface area contributed by atoms with Gasteiger partial charge in [-0.05, 0) is 24.3 Å². The number of hydrogen-bond acceptors (Lipinski definition) is 6. The van der Waals surface area contributed by atoms with Crippen LogP contribution in [0.5, 0.6) is 5.75 Å². The fourth-order valence-electron chi connectivity index (χ4n) is 2.84. The fraction of sp³-hybridized carbons (Fsp3) is 0.389. The number of nitrogens with zero attached hydrogens (tertiary/aromatic N) is 5. The number of para-hydroxylation sites is 2. The predicted molar refractivity (Wildman–Crippen MR) is 102 cm³/mol. The number of aromatic nitrogens is 2. The maximum absolute atomic E-state index is 12.5. The molecule has 1 aliphatic heterocycles. The van der Waals surface area contributed by atoms with Crippen molar-refractivity contribution in [1.29, 1.82) is 0 Å². The molecule has 8 nitrogen and oxygen atoms in total. The van der Waals surface area contributed by atoms with Crippen molar-refractivity contribution in [2.45, 2.75) is 6.36 Å². The van der Waals surface area contributed by atoms with Gasteiger partial charge in [0, 0.05) is 40.3 Å². The number of carbonyl (C=O) groups is 1. The van der Waals surface area contributed by atoms with E-state index in [1.807, 2.05) is 36.0 Å². The molecule has 1 aromatic carbocycles. The van der Waals surface area contributed by atoms with E-state index in [4.69, 9.17) is 0 Å². The number of carbonyl (C=O) groups excluding carboxylic acids is 1. The number of anilines is 3. The van der Waals surface area contributed by atoms with E-state index >= 15 is 0 Å². The minimum absolute atomic E-state index is 0.0394. The van der Waals surface area contributed by atoms with Gasteiger partial charge in [0.1, 0.15) is 0 Å². The second-order valence-corrected chi connectivity index (χ2v) is 6.59. The van der Waals surface area contributed by atoms with Crippen LogP contribution in [-0.4, -0.2) is 67.8 Å². The molecule has 2 aromatic rings. The normalized spacial score (nSPS) is 14.5. The third-order valence-electron chi connectivity index (χ3n) is 4.34. The standard InChI is InChI=1S/C18H21F3N6O2/c1-25(2)15-7-8-16(24-23-15)26-9-11-27(12-10-26)17(28)22-13-5-3-4-6-14(13)29-18(19,20)21/h3-8H,9-12H2,1-2H3,(H,22,28). The number of nitrogens with one attached hydrogen (secondary N) is 1. The van der Waals surface area contributed by atoms with Gasteiger partial charge in [-0.2, -0.15) is 0 Å². The lowest BCUT2D eigenvalue weighted by atomic mass is 10.3. The van der Waals surface area contributed by atoms with Crippen LogP contribution in [0.15, 0.2) is 36.4 Å². The Morgan fingerprint density at radius 2 is 1.76 bits per heavy atom. The summed E-state index contributed by atoms with van der Waals surface area (Å²) in [7, 11) is 3.75. The number of piperazine rings is 1. The highest BCUT2D eigenvalue weighted by Gasteiger charge is 2.32. The summed E-state index contributed by atoms with van der Waals surface area (Å²) in [6, 6.07) is 8.66. The summed E-state index contributed by atoms with van der Waals surface area (Å²) in [5.74, 6) is 0.995. The van der Waals surface area contributed by atoms with Crippen LogP contribution in [0.1, 0.15) is 0 Å². The van der Waals surface area contributed by atoms with Crippen molar-refractivity contribution in [1.82, 2.24) is 15.1 Å². The van der Waals surface area contributed by atoms with E-state index < -0.39 is 18.1 Å². The molecule has 0 bridgehead atoms. The first kappa shape index (κ1) is 20.5. The molecule has 1 aromatic heterocycles. The maximum atomic E-state index is 12.5. The summed E-state index contributed by atoms with van der Waals surface area (Å²) in [5.41, 5.74) is -0.0394. The van der Waals surface area contributed by atoms with Gasteiger partial charge in [0.2, 0.25) is 0 Å². The van der Waals surface area contributed by atoms with Crippen molar-refractivity contribution in [3.8, 4) is 5.75 Å². The molecule has 3 rings (SSSR count). The number of halogens is 3. The molecule has 0 spiro atoms. The zero-order valence-electron chi connectivity index (χ0n) is 16.0. The van der Waals surface area contributed by atoms with Gasteiger partial charge in [-0.1, -0.05) is 12.1 Å². The van der Waals surface area contributed by atoms with E-state index in [2.05, 4.69) is 20.3 Å². The third kappa shape index (κ3) is 5.39. The highest BCUT2D eigenvalue weighted by Crippen LogP contribution is 2.30. The molecule has 0 atom stereocenters. The summed E-state index contributed by atoms with van der Waals surface area (Å²) < 4.78 is 41.5. The average Bonchev–Trinajstić information content (AvgIpc) is 2.68. The Balaban J connectivity index is 1.58. The van der Waals surface area contributed by atoms with Crippen molar-refractivity contribution in [2.75, 3.05) is 55.4 Å². The Morgan fingerprint density at radius 1 is 1.07 bits per heavy atom. The van der Waals surface area contributed by atoms with E-state index in [1.54, 1.807) is 0 Å². The molecule has 1 saturated heterocycles. The Morgan fingerprint density at radius 3 is 2.34 bits per heavy atom. The number of urea groups is 1. The molecule has 2 heterocycles. The SMILES string of the molecule is CN(C)c1ccc(N2CCN(C(=O)Nc3ccccc3OC(F)(F)F)CC2)nn1. The summed E-state index contributed by atoms with van der Waals surface area (Å²) >= 11 is 0. The molecule has 1 aliphatic rings. The Bertz CT molecular complexity index is 836. The summed E-state index contributed by atoms with van der Waals surface area (Å²) in [5, 5.41) is 10.8. The van der Waals surface area contributed by atoms with Crippen molar-refractivity contribution in [3.05, 3.63) is 36.4 Å². The molecular weight excluding hydrogens is 389 g/mol. The van der Waals surface area contributed by atoms with Crippen LogP contribution in [0.2, 0.25) is 0 Å². The van der Waals surface area contributed by atoms with E-state index in [-0.39, 0.29) is 5.69 Å². The van der Waals surface area contributed by atoms with Crippen molar-refractivity contribution >= 4 is 23.4 Å². The van der Waals surface area contributed by atoms with E-state index in [9.17, 15) is 18.0 Å². The van der Waals surface area contributed by atoms with Crippen LogP contribution in [0.4, 0.5) is 35.3 Å². The number of amides is 2.